The number of aryl methyl sites for hydroxylation is 2. The summed E-state index contributed by atoms with van der Waals surface area (Å²) in [6, 6.07) is 0. The lowest BCUT2D eigenvalue weighted by molar-refractivity contribution is 0.0920. The van der Waals surface area contributed by atoms with E-state index in [4.69, 9.17) is 9.26 Å². The molecule has 0 aliphatic heterocycles. The van der Waals surface area contributed by atoms with Crippen molar-refractivity contribution >= 4 is 11.8 Å². The molecular formula is C11H19NO2S. The summed E-state index contributed by atoms with van der Waals surface area (Å²) in [5, 5.41) is 3.92. The summed E-state index contributed by atoms with van der Waals surface area (Å²) in [7, 11) is 0. The van der Waals surface area contributed by atoms with Gasteiger partial charge in [0.1, 0.15) is 5.76 Å². The highest BCUT2D eigenvalue weighted by atomic mass is 32.2. The van der Waals surface area contributed by atoms with Crippen LogP contribution in [0.3, 0.4) is 0 Å². The van der Waals surface area contributed by atoms with Crippen molar-refractivity contribution in [1.29, 1.82) is 0 Å². The van der Waals surface area contributed by atoms with E-state index in [0.29, 0.717) is 6.10 Å². The molecule has 1 aromatic heterocycles. The summed E-state index contributed by atoms with van der Waals surface area (Å²) in [6.07, 6.45) is 0.324. The van der Waals surface area contributed by atoms with Crippen molar-refractivity contribution in [3.8, 4) is 0 Å². The fraction of sp³-hybridized carbons (Fsp3) is 0.727. The van der Waals surface area contributed by atoms with Gasteiger partial charge < -0.3 is 9.26 Å². The van der Waals surface area contributed by atoms with Gasteiger partial charge in [-0.05, 0) is 27.7 Å². The van der Waals surface area contributed by atoms with Crippen LogP contribution in [0.4, 0.5) is 0 Å². The molecule has 4 heteroatoms. The largest absolute Gasteiger partial charge is 0.378 e. The van der Waals surface area contributed by atoms with Gasteiger partial charge in [0.05, 0.1) is 18.4 Å². The fourth-order valence-corrected chi connectivity index (χ4v) is 2.20. The molecule has 0 saturated carbocycles. The summed E-state index contributed by atoms with van der Waals surface area (Å²) < 4.78 is 10.6. The number of hydrogen-bond donors (Lipinski definition) is 0. The van der Waals surface area contributed by atoms with E-state index in [9.17, 15) is 0 Å². The number of thioether (sulfide) groups is 1. The summed E-state index contributed by atoms with van der Waals surface area (Å²) in [5.74, 6) is 2.91. The first-order chi connectivity index (χ1) is 7.11. The summed E-state index contributed by atoms with van der Waals surface area (Å²) in [6.45, 7) is 8.86. The molecule has 1 heterocycles. The zero-order valence-corrected chi connectivity index (χ0v) is 10.7. The van der Waals surface area contributed by atoms with Crippen molar-refractivity contribution in [2.75, 3.05) is 12.4 Å². The van der Waals surface area contributed by atoms with Crippen molar-refractivity contribution in [2.45, 2.75) is 39.6 Å². The van der Waals surface area contributed by atoms with E-state index in [1.165, 1.54) is 5.56 Å². The van der Waals surface area contributed by atoms with Gasteiger partial charge in [0, 0.05) is 17.1 Å². The van der Waals surface area contributed by atoms with Gasteiger partial charge in [-0.2, -0.15) is 11.8 Å². The second-order valence-electron chi connectivity index (χ2n) is 3.77. The van der Waals surface area contributed by atoms with E-state index in [0.717, 1.165) is 29.6 Å². The molecule has 0 saturated heterocycles. The minimum atomic E-state index is 0.324. The Balaban J connectivity index is 2.20. The average molecular weight is 229 g/mol. The van der Waals surface area contributed by atoms with Gasteiger partial charge in [0.25, 0.3) is 0 Å². The molecule has 0 unspecified atom stereocenters. The minimum Gasteiger partial charge on any atom is -0.378 e. The van der Waals surface area contributed by atoms with Gasteiger partial charge in [-0.1, -0.05) is 5.16 Å². The monoisotopic (exact) mass is 229 g/mol. The zero-order valence-electron chi connectivity index (χ0n) is 9.87. The van der Waals surface area contributed by atoms with Crippen molar-refractivity contribution < 1.29 is 9.26 Å². The highest BCUT2D eigenvalue weighted by molar-refractivity contribution is 7.98. The molecule has 3 nitrogen and oxygen atoms in total. The number of ether oxygens (including phenoxy) is 1. The Kier molecular flexibility index (Phi) is 5.19. The molecule has 0 aromatic carbocycles. The van der Waals surface area contributed by atoms with Gasteiger partial charge in [0.15, 0.2) is 0 Å². The fourth-order valence-electron chi connectivity index (χ4n) is 1.22. The number of aromatic nitrogens is 1. The van der Waals surface area contributed by atoms with Gasteiger partial charge >= 0.3 is 0 Å². The van der Waals surface area contributed by atoms with Crippen molar-refractivity contribution in [3.05, 3.63) is 17.0 Å². The lowest BCUT2D eigenvalue weighted by atomic mass is 10.2. The predicted octanol–water partition coefficient (Wildman–Crippen LogP) is 2.95. The van der Waals surface area contributed by atoms with E-state index in [1.807, 2.05) is 25.6 Å². The Morgan fingerprint density at radius 3 is 2.67 bits per heavy atom. The van der Waals surface area contributed by atoms with E-state index >= 15 is 0 Å². The molecule has 0 atom stereocenters. The molecule has 1 rings (SSSR count). The van der Waals surface area contributed by atoms with E-state index in [2.05, 4.69) is 19.0 Å². The summed E-state index contributed by atoms with van der Waals surface area (Å²) >= 11 is 1.86. The highest BCUT2D eigenvalue weighted by Gasteiger charge is 2.08. The third-order valence-electron chi connectivity index (χ3n) is 2.11. The van der Waals surface area contributed by atoms with Crippen LogP contribution in [0.2, 0.25) is 0 Å². The summed E-state index contributed by atoms with van der Waals surface area (Å²) in [5.41, 5.74) is 2.23. The third kappa shape index (κ3) is 4.26. The molecule has 0 N–H and O–H groups in total. The number of rotatable bonds is 6. The SMILES string of the molecule is Cc1noc(C)c1CSCCOC(C)C. The molecular weight excluding hydrogens is 210 g/mol. The van der Waals surface area contributed by atoms with Gasteiger partial charge in [0.2, 0.25) is 0 Å². The van der Waals surface area contributed by atoms with Gasteiger partial charge in [-0.15, -0.1) is 0 Å². The maximum absolute atomic E-state index is 5.46. The van der Waals surface area contributed by atoms with Crippen LogP contribution < -0.4 is 0 Å². The Hall–Kier alpha value is -0.480. The first-order valence-electron chi connectivity index (χ1n) is 5.22. The molecule has 0 bridgehead atoms. The molecule has 1 aromatic rings. The van der Waals surface area contributed by atoms with Crippen LogP contribution in [0.15, 0.2) is 4.52 Å². The number of nitrogens with zero attached hydrogens (tertiary/aromatic N) is 1. The molecule has 15 heavy (non-hydrogen) atoms. The second-order valence-corrected chi connectivity index (χ2v) is 4.88. The smallest absolute Gasteiger partial charge is 0.137 e. The van der Waals surface area contributed by atoms with E-state index in [1.54, 1.807) is 0 Å². The van der Waals surface area contributed by atoms with Crippen LogP contribution in [-0.2, 0) is 10.5 Å². The lowest BCUT2D eigenvalue weighted by Crippen LogP contribution is -2.05. The zero-order chi connectivity index (χ0) is 11.3. The summed E-state index contributed by atoms with van der Waals surface area (Å²) in [4.78, 5) is 0. The normalized spacial score (nSPS) is 11.3. The van der Waals surface area contributed by atoms with Crippen LogP contribution in [0, 0.1) is 13.8 Å². The maximum atomic E-state index is 5.46. The van der Waals surface area contributed by atoms with Crippen molar-refractivity contribution in [1.82, 2.24) is 5.16 Å². The molecule has 0 amide bonds. The molecule has 0 aliphatic carbocycles. The standard InChI is InChI=1S/C11H19NO2S/c1-8(2)13-5-6-15-7-11-9(3)12-14-10(11)4/h8H,5-7H2,1-4H3. The highest BCUT2D eigenvalue weighted by Crippen LogP contribution is 2.19. The Morgan fingerprint density at radius 2 is 2.13 bits per heavy atom. The van der Waals surface area contributed by atoms with Gasteiger partial charge in [-0.3, -0.25) is 0 Å². The molecule has 0 aliphatic rings. The van der Waals surface area contributed by atoms with Crippen LogP contribution in [0.5, 0.6) is 0 Å². The van der Waals surface area contributed by atoms with Gasteiger partial charge in [-0.25, -0.2) is 0 Å². The van der Waals surface area contributed by atoms with E-state index in [-0.39, 0.29) is 0 Å². The van der Waals surface area contributed by atoms with E-state index < -0.39 is 0 Å². The average Bonchev–Trinajstić information content (AvgIpc) is 2.47. The predicted molar refractivity (Wildman–Crippen MR) is 63.2 cm³/mol. The van der Waals surface area contributed by atoms with Crippen LogP contribution in [-0.4, -0.2) is 23.6 Å². The molecule has 0 fully saturated rings. The Labute approximate surface area is 95.6 Å². The number of hydrogen-bond acceptors (Lipinski definition) is 4. The maximum Gasteiger partial charge on any atom is 0.137 e. The first kappa shape index (κ1) is 12.6. The van der Waals surface area contributed by atoms with Crippen LogP contribution in [0.25, 0.3) is 0 Å². The van der Waals surface area contributed by atoms with Crippen molar-refractivity contribution in [2.24, 2.45) is 0 Å². The second kappa shape index (κ2) is 6.18. The van der Waals surface area contributed by atoms with Crippen LogP contribution >= 0.6 is 11.8 Å². The minimum absolute atomic E-state index is 0.324. The first-order valence-corrected chi connectivity index (χ1v) is 6.37. The molecule has 86 valence electrons. The Morgan fingerprint density at radius 1 is 1.40 bits per heavy atom. The molecule has 0 radical (unpaired) electrons. The molecule has 0 spiro atoms. The van der Waals surface area contributed by atoms with Crippen molar-refractivity contribution in [3.63, 3.8) is 0 Å². The Bertz CT molecular complexity index is 277. The van der Waals surface area contributed by atoms with Crippen LogP contribution in [0.1, 0.15) is 30.9 Å². The quantitative estimate of drug-likeness (QED) is 0.703. The third-order valence-corrected chi connectivity index (χ3v) is 3.05. The topological polar surface area (TPSA) is 35.3 Å². The lowest BCUT2D eigenvalue weighted by Gasteiger charge is -2.06.